The highest BCUT2D eigenvalue weighted by Gasteiger charge is 2.06. The summed E-state index contributed by atoms with van der Waals surface area (Å²) < 4.78 is 0. The molecule has 3 heteroatoms. The van der Waals surface area contributed by atoms with E-state index < -0.39 is 0 Å². The van der Waals surface area contributed by atoms with Crippen LogP contribution in [0.25, 0.3) is 0 Å². The van der Waals surface area contributed by atoms with Crippen LogP contribution in [0.3, 0.4) is 0 Å². The van der Waals surface area contributed by atoms with Gasteiger partial charge in [-0.2, -0.15) is 10.4 Å². The van der Waals surface area contributed by atoms with Crippen molar-refractivity contribution in [2.75, 3.05) is 11.6 Å². The Morgan fingerprint density at radius 1 is 1.33 bits per heavy atom. The molecule has 3 nitrogen and oxygen atoms in total. The van der Waals surface area contributed by atoms with E-state index in [1.54, 1.807) is 12.1 Å². The molecule has 0 atom stereocenters. The number of allylic oxidation sites excluding steroid dienone is 1. The predicted molar refractivity (Wildman–Crippen MR) is 60.8 cm³/mol. The first-order chi connectivity index (χ1) is 7.29. The number of hydrazone groups is 1. The summed E-state index contributed by atoms with van der Waals surface area (Å²) in [7, 11) is 0. The molecule has 1 aromatic carbocycles. The van der Waals surface area contributed by atoms with Crippen LogP contribution in [0.4, 0.5) is 5.69 Å². The van der Waals surface area contributed by atoms with E-state index in [0.717, 1.165) is 17.9 Å². The Kier molecular flexibility index (Phi) is 2.51. The van der Waals surface area contributed by atoms with E-state index in [0.29, 0.717) is 5.56 Å². The third kappa shape index (κ3) is 2.05. The molecule has 0 saturated carbocycles. The standard InChI is InChI=1S/C12H11N3/c1-10-3-2-8-15(14-10)12-6-4-11(9-13)5-7-12/h2-7H,8H2,1H3. The number of hydrogen-bond acceptors (Lipinski definition) is 3. The molecule has 1 aliphatic rings. The molecule has 0 saturated heterocycles. The lowest BCUT2D eigenvalue weighted by Crippen LogP contribution is -2.20. The maximum absolute atomic E-state index is 8.68. The van der Waals surface area contributed by atoms with Crippen molar-refractivity contribution in [3.63, 3.8) is 0 Å². The quantitative estimate of drug-likeness (QED) is 0.693. The fraction of sp³-hybridized carbons (Fsp3) is 0.167. The fourth-order valence-corrected chi connectivity index (χ4v) is 1.46. The second-order valence-electron chi connectivity index (χ2n) is 3.38. The molecule has 0 fully saturated rings. The number of benzene rings is 1. The molecule has 15 heavy (non-hydrogen) atoms. The normalized spacial score (nSPS) is 14.7. The van der Waals surface area contributed by atoms with Gasteiger partial charge in [0.15, 0.2) is 0 Å². The van der Waals surface area contributed by atoms with E-state index in [4.69, 9.17) is 5.26 Å². The summed E-state index contributed by atoms with van der Waals surface area (Å²) in [6.07, 6.45) is 4.07. The van der Waals surface area contributed by atoms with Crippen molar-refractivity contribution in [1.29, 1.82) is 5.26 Å². The Morgan fingerprint density at radius 2 is 2.07 bits per heavy atom. The zero-order valence-electron chi connectivity index (χ0n) is 8.51. The molecule has 0 unspecified atom stereocenters. The Hall–Kier alpha value is -2.08. The molecule has 0 radical (unpaired) electrons. The summed E-state index contributed by atoms with van der Waals surface area (Å²) in [6.45, 7) is 2.75. The Bertz CT molecular complexity index is 449. The van der Waals surface area contributed by atoms with Gasteiger partial charge in [0.1, 0.15) is 0 Å². The number of anilines is 1. The van der Waals surface area contributed by atoms with Crippen LogP contribution in [-0.4, -0.2) is 12.3 Å². The smallest absolute Gasteiger partial charge is 0.0991 e. The molecule has 74 valence electrons. The van der Waals surface area contributed by atoms with Crippen LogP contribution >= 0.6 is 0 Å². The second-order valence-corrected chi connectivity index (χ2v) is 3.38. The molecule has 0 aliphatic carbocycles. The first kappa shape index (κ1) is 9.47. The second kappa shape index (κ2) is 3.97. The summed E-state index contributed by atoms with van der Waals surface area (Å²) >= 11 is 0. The first-order valence-electron chi connectivity index (χ1n) is 4.79. The van der Waals surface area contributed by atoms with Crippen molar-refractivity contribution in [3.8, 4) is 6.07 Å². The topological polar surface area (TPSA) is 39.4 Å². The van der Waals surface area contributed by atoms with Crippen LogP contribution in [0.5, 0.6) is 0 Å². The van der Waals surface area contributed by atoms with Crippen molar-refractivity contribution in [3.05, 3.63) is 42.0 Å². The molecule has 2 rings (SSSR count). The van der Waals surface area contributed by atoms with Crippen molar-refractivity contribution < 1.29 is 0 Å². The van der Waals surface area contributed by atoms with E-state index in [9.17, 15) is 0 Å². The Morgan fingerprint density at radius 3 is 2.67 bits per heavy atom. The van der Waals surface area contributed by atoms with Crippen LogP contribution in [-0.2, 0) is 0 Å². The van der Waals surface area contributed by atoms with Gasteiger partial charge in [0.2, 0.25) is 0 Å². The number of nitrogens with zero attached hydrogens (tertiary/aromatic N) is 3. The molecule has 1 heterocycles. The molecular weight excluding hydrogens is 186 g/mol. The molecule has 0 amide bonds. The van der Waals surface area contributed by atoms with Gasteiger partial charge in [-0.05, 0) is 37.3 Å². The Labute approximate surface area is 88.9 Å². The summed E-state index contributed by atoms with van der Waals surface area (Å²) in [4.78, 5) is 0. The number of rotatable bonds is 1. The first-order valence-corrected chi connectivity index (χ1v) is 4.79. The molecule has 1 aliphatic heterocycles. The minimum atomic E-state index is 0.673. The molecule has 1 aromatic rings. The number of nitriles is 1. The predicted octanol–water partition coefficient (Wildman–Crippen LogP) is 2.31. The molecular formula is C12H11N3. The summed E-state index contributed by atoms with van der Waals surface area (Å²) in [5.41, 5.74) is 2.68. The third-order valence-corrected chi connectivity index (χ3v) is 2.21. The van der Waals surface area contributed by atoms with E-state index >= 15 is 0 Å². The molecule has 0 aromatic heterocycles. The summed E-state index contributed by atoms with van der Waals surface area (Å²) in [5, 5.41) is 15.0. The van der Waals surface area contributed by atoms with Crippen LogP contribution in [0.2, 0.25) is 0 Å². The highest BCUT2D eigenvalue weighted by atomic mass is 15.5. The van der Waals surface area contributed by atoms with Gasteiger partial charge >= 0.3 is 0 Å². The van der Waals surface area contributed by atoms with Crippen molar-refractivity contribution in [2.24, 2.45) is 5.10 Å². The average Bonchev–Trinajstić information content (AvgIpc) is 2.29. The average molecular weight is 197 g/mol. The van der Waals surface area contributed by atoms with E-state index in [1.165, 1.54) is 0 Å². The van der Waals surface area contributed by atoms with Gasteiger partial charge in [-0.15, -0.1) is 0 Å². The maximum Gasteiger partial charge on any atom is 0.0991 e. The van der Waals surface area contributed by atoms with Crippen molar-refractivity contribution >= 4 is 11.4 Å². The van der Waals surface area contributed by atoms with Gasteiger partial charge in [-0.3, -0.25) is 5.01 Å². The van der Waals surface area contributed by atoms with E-state index in [2.05, 4.69) is 17.2 Å². The number of hydrogen-bond donors (Lipinski definition) is 0. The van der Waals surface area contributed by atoms with Crippen LogP contribution in [0.1, 0.15) is 12.5 Å². The van der Waals surface area contributed by atoms with Crippen molar-refractivity contribution in [1.82, 2.24) is 0 Å². The van der Waals surface area contributed by atoms with Crippen molar-refractivity contribution in [2.45, 2.75) is 6.92 Å². The van der Waals surface area contributed by atoms with Gasteiger partial charge in [-0.1, -0.05) is 6.08 Å². The van der Waals surface area contributed by atoms with Crippen LogP contribution in [0.15, 0.2) is 41.5 Å². The molecule has 0 bridgehead atoms. The van der Waals surface area contributed by atoms with Crippen LogP contribution < -0.4 is 5.01 Å². The zero-order valence-corrected chi connectivity index (χ0v) is 8.51. The third-order valence-electron chi connectivity index (χ3n) is 2.21. The lowest BCUT2D eigenvalue weighted by molar-refractivity contribution is 0.928. The van der Waals surface area contributed by atoms with Gasteiger partial charge in [0.25, 0.3) is 0 Å². The fourth-order valence-electron chi connectivity index (χ4n) is 1.46. The van der Waals surface area contributed by atoms with E-state index in [1.807, 2.05) is 30.1 Å². The lowest BCUT2D eigenvalue weighted by atomic mass is 10.2. The summed E-state index contributed by atoms with van der Waals surface area (Å²) in [5.74, 6) is 0. The van der Waals surface area contributed by atoms with Gasteiger partial charge in [0, 0.05) is 0 Å². The minimum absolute atomic E-state index is 0.673. The summed E-state index contributed by atoms with van der Waals surface area (Å²) in [6, 6.07) is 9.53. The Balaban J connectivity index is 2.24. The monoisotopic (exact) mass is 197 g/mol. The van der Waals surface area contributed by atoms with Gasteiger partial charge < -0.3 is 0 Å². The lowest BCUT2D eigenvalue weighted by Gasteiger charge is -2.20. The zero-order chi connectivity index (χ0) is 10.7. The molecule has 0 N–H and O–H groups in total. The largest absolute Gasteiger partial charge is 0.261 e. The van der Waals surface area contributed by atoms with Crippen LogP contribution in [0, 0.1) is 11.3 Å². The van der Waals surface area contributed by atoms with Gasteiger partial charge in [-0.25, -0.2) is 0 Å². The highest BCUT2D eigenvalue weighted by molar-refractivity contribution is 5.94. The molecule has 0 spiro atoms. The van der Waals surface area contributed by atoms with E-state index in [-0.39, 0.29) is 0 Å². The highest BCUT2D eigenvalue weighted by Crippen LogP contribution is 2.17. The minimum Gasteiger partial charge on any atom is -0.261 e. The SMILES string of the molecule is CC1=NN(c2ccc(C#N)cc2)CC=C1. The van der Waals surface area contributed by atoms with Gasteiger partial charge in [0.05, 0.1) is 29.6 Å². The maximum atomic E-state index is 8.68.